The Kier molecular flexibility index (Phi) is 8.73. The van der Waals surface area contributed by atoms with Crippen LogP contribution < -0.4 is 10.6 Å². The fraction of sp³-hybridized carbons (Fsp3) is 0.611. The Hall–Kier alpha value is -1.27. The van der Waals surface area contributed by atoms with Gasteiger partial charge in [0, 0.05) is 30.9 Å². The number of hydrogen-bond acceptors (Lipinski definition) is 3. The number of halogens is 1. The van der Waals surface area contributed by atoms with Crippen molar-refractivity contribution in [1.29, 1.82) is 0 Å². The van der Waals surface area contributed by atoms with Gasteiger partial charge in [0.05, 0.1) is 5.75 Å². The molecule has 5 nitrogen and oxygen atoms in total. The van der Waals surface area contributed by atoms with Gasteiger partial charge in [-0.15, -0.1) is 0 Å². The van der Waals surface area contributed by atoms with Crippen LogP contribution in [-0.4, -0.2) is 46.0 Å². The molecule has 0 atom stereocenters. The van der Waals surface area contributed by atoms with E-state index in [2.05, 4.69) is 15.6 Å². The molecule has 0 saturated heterocycles. The molecule has 1 aromatic rings. The highest BCUT2D eigenvalue weighted by atomic mass is 35.5. The van der Waals surface area contributed by atoms with E-state index in [0.29, 0.717) is 13.0 Å². The SMILES string of the molecule is CCNC(=NCC(C)(C)CCS(C)(=O)=O)NCCc1ccc(Cl)cc1. The van der Waals surface area contributed by atoms with Gasteiger partial charge in [0.1, 0.15) is 9.84 Å². The highest BCUT2D eigenvalue weighted by molar-refractivity contribution is 7.90. The number of rotatable bonds is 9. The van der Waals surface area contributed by atoms with Gasteiger partial charge < -0.3 is 10.6 Å². The number of hydrogen-bond donors (Lipinski definition) is 2. The Labute approximate surface area is 157 Å². The van der Waals surface area contributed by atoms with E-state index in [0.717, 1.165) is 30.5 Å². The standard InChI is InChI=1S/C18H30ClN3O2S/c1-5-20-17(21-12-10-15-6-8-16(19)9-7-15)22-14-18(2,3)11-13-25(4,23)24/h6-9H,5,10-14H2,1-4H3,(H2,20,21,22). The summed E-state index contributed by atoms with van der Waals surface area (Å²) in [5, 5.41) is 7.28. The first-order valence-electron chi connectivity index (χ1n) is 8.56. The van der Waals surface area contributed by atoms with Crippen LogP contribution >= 0.6 is 11.6 Å². The van der Waals surface area contributed by atoms with E-state index in [-0.39, 0.29) is 11.2 Å². The molecular formula is C18H30ClN3O2S. The van der Waals surface area contributed by atoms with Crippen molar-refractivity contribution in [1.82, 2.24) is 10.6 Å². The summed E-state index contributed by atoms with van der Waals surface area (Å²) in [6.45, 7) is 8.20. The zero-order chi connectivity index (χ0) is 18.9. The van der Waals surface area contributed by atoms with Crippen molar-refractivity contribution < 1.29 is 8.42 Å². The van der Waals surface area contributed by atoms with Gasteiger partial charge >= 0.3 is 0 Å². The molecule has 0 aliphatic rings. The van der Waals surface area contributed by atoms with E-state index in [1.807, 2.05) is 45.0 Å². The van der Waals surface area contributed by atoms with Crippen LogP contribution in [0.1, 0.15) is 32.8 Å². The van der Waals surface area contributed by atoms with Crippen LogP contribution in [0.5, 0.6) is 0 Å². The van der Waals surface area contributed by atoms with Gasteiger partial charge in [-0.05, 0) is 42.9 Å². The zero-order valence-corrected chi connectivity index (χ0v) is 17.2. The Morgan fingerprint density at radius 3 is 2.40 bits per heavy atom. The minimum Gasteiger partial charge on any atom is -0.357 e. The van der Waals surface area contributed by atoms with Crippen LogP contribution in [0.15, 0.2) is 29.3 Å². The number of nitrogens with one attached hydrogen (secondary N) is 2. The summed E-state index contributed by atoms with van der Waals surface area (Å²) in [4.78, 5) is 4.61. The van der Waals surface area contributed by atoms with Gasteiger partial charge in [-0.25, -0.2) is 8.42 Å². The third-order valence-electron chi connectivity index (χ3n) is 3.78. The van der Waals surface area contributed by atoms with Crippen molar-refractivity contribution in [2.45, 2.75) is 33.6 Å². The van der Waals surface area contributed by atoms with Crippen LogP contribution in [0.4, 0.5) is 0 Å². The number of guanidine groups is 1. The summed E-state index contributed by atoms with van der Waals surface area (Å²) in [7, 11) is -2.94. The molecule has 0 aromatic heterocycles. The summed E-state index contributed by atoms with van der Waals surface area (Å²) in [5.41, 5.74) is 1.04. The van der Waals surface area contributed by atoms with E-state index in [1.165, 1.54) is 11.8 Å². The Bertz CT molecular complexity index is 655. The maximum absolute atomic E-state index is 11.3. The molecule has 7 heteroatoms. The molecule has 0 saturated carbocycles. The molecule has 1 aromatic carbocycles. The summed E-state index contributed by atoms with van der Waals surface area (Å²) >= 11 is 5.89. The lowest BCUT2D eigenvalue weighted by Gasteiger charge is -2.22. The zero-order valence-electron chi connectivity index (χ0n) is 15.6. The molecule has 2 N–H and O–H groups in total. The van der Waals surface area contributed by atoms with Crippen LogP contribution in [0.25, 0.3) is 0 Å². The summed E-state index contributed by atoms with van der Waals surface area (Å²) < 4.78 is 22.7. The average Bonchev–Trinajstić information content (AvgIpc) is 2.52. The number of benzene rings is 1. The van der Waals surface area contributed by atoms with Crippen LogP contribution in [-0.2, 0) is 16.3 Å². The number of aliphatic imine (C=N–C) groups is 1. The van der Waals surface area contributed by atoms with Gasteiger partial charge in [0.2, 0.25) is 0 Å². The summed E-state index contributed by atoms with van der Waals surface area (Å²) in [6.07, 6.45) is 2.74. The molecule has 0 unspecified atom stereocenters. The lowest BCUT2D eigenvalue weighted by atomic mass is 9.90. The topological polar surface area (TPSA) is 70.6 Å². The van der Waals surface area contributed by atoms with Crippen LogP contribution in [0, 0.1) is 5.41 Å². The largest absolute Gasteiger partial charge is 0.357 e. The molecule has 0 aliphatic heterocycles. The summed E-state index contributed by atoms with van der Waals surface area (Å²) in [6, 6.07) is 7.81. The maximum atomic E-state index is 11.3. The minimum atomic E-state index is -2.94. The van der Waals surface area contributed by atoms with E-state index in [4.69, 9.17) is 11.6 Å². The van der Waals surface area contributed by atoms with Gasteiger partial charge in [0.25, 0.3) is 0 Å². The second-order valence-corrected chi connectivity index (χ2v) is 9.74. The molecule has 0 radical (unpaired) electrons. The molecule has 0 spiro atoms. The third-order valence-corrected chi connectivity index (χ3v) is 4.98. The highest BCUT2D eigenvalue weighted by Crippen LogP contribution is 2.21. The highest BCUT2D eigenvalue weighted by Gasteiger charge is 2.20. The first kappa shape index (κ1) is 21.8. The first-order valence-corrected chi connectivity index (χ1v) is 11.0. The quantitative estimate of drug-likeness (QED) is 0.505. The summed E-state index contributed by atoms with van der Waals surface area (Å²) in [5.74, 6) is 0.944. The van der Waals surface area contributed by atoms with Crippen molar-refractivity contribution in [2.75, 3.05) is 31.6 Å². The normalized spacial score (nSPS) is 12.9. The van der Waals surface area contributed by atoms with E-state index in [1.54, 1.807) is 0 Å². The lowest BCUT2D eigenvalue weighted by molar-refractivity contribution is 0.365. The average molecular weight is 388 g/mol. The molecule has 0 amide bonds. The fourth-order valence-electron chi connectivity index (χ4n) is 2.15. The van der Waals surface area contributed by atoms with E-state index < -0.39 is 9.84 Å². The van der Waals surface area contributed by atoms with Crippen LogP contribution in [0.2, 0.25) is 5.02 Å². The van der Waals surface area contributed by atoms with E-state index in [9.17, 15) is 8.42 Å². The van der Waals surface area contributed by atoms with Crippen molar-refractivity contribution in [3.8, 4) is 0 Å². The second-order valence-electron chi connectivity index (χ2n) is 7.04. The van der Waals surface area contributed by atoms with Gasteiger partial charge in [-0.3, -0.25) is 4.99 Å². The smallest absolute Gasteiger partial charge is 0.191 e. The van der Waals surface area contributed by atoms with E-state index >= 15 is 0 Å². The third kappa shape index (κ3) is 10.3. The Morgan fingerprint density at radius 2 is 1.84 bits per heavy atom. The second kappa shape index (κ2) is 10.0. The molecule has 25 heavy (non-hydrogen) atoms. The molecule has 0 bridgehead atoms. The predicted molar refractivity (Wildman–Crippen MR) is 107 cm³/mol. The number of nitrogens with zero attached hydrogens (tertiary/aromatic N) is 1. The minimum absolute atomic E-state index is 0.165. The van der Waals surface area contributed by atoms with Crippen LogP contribution in [0.3, 0.4) is 0 Å². The van der Waals surface area contributed by atoms with Crippen molar-refractivity contribution in [2.24, 2.45) is 10.4 Å². The van der Waals surface area contributed by atoms with Gasteiger partial charge in [-0.1, -0.05) is 37.6 Å². The molecular weight excluding hydrogens is 358 g/mol. The van der Waals surface area contributed by atoms with Crippen molar-refractivity contribution in [3.05, 3.63) is 34.9 Å². The monoisotopic (exact) mass is 387 g/mol. The predicted octanol–water partition coefficient (Wildman–Crippen LogP) is 2.90. The fourth-order valence-corrected chi connectivity index (χ4v) is 3.20. The van der Waals surface area contributed by atoms with Gasteiger partial charge in [-0.2, -0.15) is 0 Å². The number of sulfone groups is 1. The molecule has 0 heterocycles. The lowest BCUT2D eigenvalue weighted by Crippen LogP contribution is -2.39. The molecule has 142 valence electrons. The Morgan fingerprint density at radius 1 is 1.20 bits per heavy atom. The first-order chi connectivity index (χ1) is 11.6. The van der Waals surface area contributed by atoms with Gasteiger partial charge in [0.15, 0.2) is 5.96 Å². The van der Waals surface area contributed by atoms with Crippen molar-refractivity contribution in [3.63, 3.8) is 0 Å². The Balaban J connectivity index is 2.53. The maximum Gasteiger partial charge on any atom is 0.191 e. The molecule has 1 rings (SSSR count). The van der Waals surface area contributed by atoms with Crippen molar-refractivity contribution >= 4 is 27.4 Å². The molecule has 0 fully saturated rings. The molecule has 0 aliphatic carbocycles.